The molecule has 134 valence electrons. The molecule has 0 radical (unpaired) electrons. The number of alkyl halides is 3. The molecule has 0 aromatic heterocycles. The van der Waals surface area contributed by atoms with Gasteiger partial charge in [-0.25, -0.2) is 0 Å². The standard InChI is InChI=1S/C16H24BF3O3Si/c1-14(2)15(3,4)23-17(22-14)12-8-11(16(18,19)20)9-13(10-12)21-24(5,6)7/h8-10H,1-7H3. The van der Waals surface area contributed by atoms with Gasteiger partial charge in [-0.15, -0.1) is 0 Å². The zero-order chi connectivity index (χ0) is 18.6. The number of halogens is 3. The van der Waals surface area contributed by atoms with Gasteiger partial charge in [0, 0.05) is 0 Å². The van der Waals surface area contributed by atoms with Crippen molar-refractivity contribution in [2.75, 3.05) is 0 Å². The van der Waals surface area contributed by atoms with Crippen LogP contribution in [0.25, 0.3) is 0 Å². The second-order valence-corrected chi connectivity index (χ2v) is 12.5. The second kappa shape index (κ2) is 5.78. The molecule has 1 aliphatic rings. The SMILES string of the molecule is CC1(C)OB(c2cc(O[Si](C)(C)C)cc(C(F)(F)F)c2)OC1(C)C. The van der Waals surface area contributed by atoms with E-state index < -0.39 is 38.4 Å². The average Bonchev–Trinajstić information content (AvgIpc) is 2.55. The summed E-state index contributed by atoms with van der Waals surface area (Å²) in [5.41, 5.74) is -1.68. The van der Waals surface area contributed by atoms with E-state index in [4.69, 9.17) is 13.7 Å². The Morgan fingerprint density at radius 1 is 0.958 bits per heavy atom. The molecule has 1 saturated heterocycles. The van der Waals surface area contributed by atoms with Crippen molar-refractivity contribution in [3.8, 4) is 5.75 Å². The van der Waals surface area contributed by atoms with E-state index in [1.165, 1.54) is 0 Å². The number of rotatable bonds is 3. The summed E-state index contributed by atoms with van der Waals surface area (Å²) < 4.78 is 57.2. The van der Waals surface area contributed by atoms with Crippen LogP contribution in [0.1, 0.15) is 33.3 Å². The van der Waals surface area contributed by atoms with Crippen molar-refractivity contribution in [2.24, 2.45) is 0 Å². The van der Waals surface area contributed by atoms with Crippen LogP contribution in [0.15, 0.2) is 18.2 Å². The van der Waals surface area contributed by atoms with Gasteiger partial charge in [0.1, 0.15) is 5.75 Å². The van der Waals surface area contributed by atoms with E-state index in [1.54, 1.807) is 6.07 Å². The van der Waals surface area contributed by atoms with Crippen molar-refractivity contribution in [3.05, 3.63) is 23.8 Å². The van der Waals surface area contributed by atoms with E-state index >= 15 is 0 Å². The maximum atomic E-state index is 13.2. The zero-order valence-electron chi connectivity index (χ0n) is 15.2. The first-order valence-corrected chi connectivity index (χ1v) is 11.3. The fourth-order valence-electron chi connectivity index (χ4n) is 2.31. The summed E-state index contributed by atoms with van der Waals surface area (Å²) in [6.45, 7) is 13.2. The molecule has 0 atom stereocenters. The summed E-state index contributed by atoms with van der Waals surface area (Å²) in [6.07, 6.45) is -4.46. The normalized spacial score (nSPS) is 20.3. The van der Waals surface area contributed by atoms with Crippen LogP contribution in [0.2, 0.25) is 19.6 Å². The predicted octanol–water partition coefficient (Wildman–Crippen LogP) is 4.22. The van der Waals surface area contributed by atoms with Crippen LogP contribution >= 0.6 is 0 Å². The van der Waals surface area contributed by atoms with Crippen LogP contribution in [0.5, 0.6) is 5.75 Å². The Hall–Kier alpha value is -0.988. The van der Waals surface area contributed by atoms with E-state index in [9.17, 15) is 13.2 Å². The summed E-state index contributed by atoms with van der Waals surface area (Å²) >= 11 is 0. The number of benzene rings is 1. The quantitative estimate of drug-likeness (QED) is 0.756. The molecule has 24 heavy (non-hydrogen) atoms. The maximum Gasteiger partial charge on any atom is 0.494 e. The fraction of sp³-hybridized carbons (Fsp3) is 0.625. The first-order chi connectivity index (χ1) is 10.6. The highest BCUT2D eigenvalue weighted by atomic mass is 28.4. The van der Waals surface area contributed by atoms with Crippen molar-refractivity contribution in [1.29, 1.82) is 0 Å². The first-order valence-electron chi connectivity index (χ1n) is 7.88. The summed E-state index contributed by atoms with van der Waals surface area (Å²) in [7, 11) is -2.91. The molecule has 1 aliphatic heterocycles. The largest absolute Gasteiger partial charge is 0.544 e. The van der Waals surface area contributed by atoms with Gasteiger partial charge >= 0.3 is 13.3 Å². The van der Waals surface area contributed by atoms with Gasteiger partial charge in [-0.3, -0.25) is 0 Å². The minimum Gasteiger partial charge on any atom is -0.544 e. The van der Waals surface area contributed by atoms with Crippen molar-refractivity contribution in [3.63, 3.8) is 0 Å². The van der Waals surface area contributed by atoms with E-state index in [0.717, 1.165) is 12.1 Å². The molecule has 1 heterocycles. The highest BCUT2D eigenvalue weighted by Gasteiger charge is 2.52. The van der Waals surface area contributed by atoms with Gasteiger partial charge < -0.3 is 13.7 Å². The third-order valence-electron chi connectivity index (χ3n) is 4.21. The lowest BCUT2D eigenvalue weighted by atomic mass is 9.78. The Kier molecular flexibility index (Phi) is 4.66. The summed E-state index contributed by atoms with van der Waals surface area (Å²) in [5, 5.41) is 0. The smallest absolute Gasteiger partial charge is 0.494 e. The highest BCUT2D eigenvalue weighted by Crippen LogP contribution is 2.38. The van der Waals surface area contributed by atoms with E-state index in [-0.39, 0.29) is 5.75 Å². The summed E-state index contributed by atoms with van der Waals surface area (Å²) in [6, 6.07) is 3.68. The van der Waals surface area contributed by atoms with Crippen molar-refractivity contribution >= 4 is 20.9 Å². The number of hydrogen-bond donors (Lipinski definition) is 0. The molecule has 0 spiro atoms. The molecule has 0 bridgehead atoms. The molecular weight excluding hydrogens is 336 g/mol. The third-order valence-corrected chi connectivity index (χ3v) is 5.05. The Balaban J connectivity index is 2.45. The lowest BCUT2D eigenvalue weighted by molar-refractivity contribution is -0.137. The molecule has 2 rings (SSSR count). The monoisotopic (exact) mass is 360 g/mol. The molecule has 3 nitrogen and oxygen atoms in total. The van der Waals surface area contributed by atoms with Gasteiger partial charge in [0.25, 0.3) is 0 Å². The predicted molar refractivity (Wildman–Crippen MR) is 91.1 cm³/mol. The van der Waals surface area contributed by atoms with Crippen LogP contribution in [0, 0.1) is 0 Å². The maximum absolute atomic E-state index is 13.2. The molecule has 8 heteroatoms. The molecule has 0 saturated carbocycles. The van der Waals surface area contributed by atoms with Gasteiger partial charge in [-0.2, -0.15) is 13.2 Å². The second-order valence-electron chi connectivity index (χ2n) is 8.09. The van der Waals surface area contributed by atoms with Crippen LogP contribution in [-0.2, 0) is 15.5 Å². The molecule has 0 aliphatic carbocycles. The Labute approximate surface area is 142 Å². The van der Waals surface area contributed by atoms with Crippen LogP contribution in [0.3, 0.4) is 0 Å². The topological polar surface area (TPSA) is 27.7 Å². The van der Waals surface area contributed by atoms with Crippen LogP contribution < -0.4 is 9.89 Å². The molecule has 0 N–H and O–H groups in total. The van der Waals surface area contributed by atoms with Gasteiger partial charge in [-0.05, 0) is 71.0 Å². The first kappa shape index (κ1) is 19.3. The van der Waals surface area contributed by atoms with E-state index in [2.05, 4.69) is 0 Å². The molecule has 0 unspecified atom stereocenters. The Bertz CT molecular complexity index is 608. The minimum atomic E-state index is -4.46. The Morgan fingerprint density at radius 3 is 1.88 bits per heavy atom. The van der Waals surface area contributed by atoms with Gasteiger partial charge in [0.15, 0.2) is 0 Å². The third kappa shape index (κ3) is 4.15. The van der Waals surface area contributed by atoms with E-state index in [0.29, 0.717) is 5.46 Å². The van der Waals surface area contributed by atoms with E-state index in [1.807, 2.05) is 47.3 Å². The molecule has 1 aromatic carbocycles. The molecular formula is C16H24BF3O3Si. The van der Waals surface area contributed by atoms with Gasteiger partial charge in [0.2, 0.25) is 8.32 Å². The summed E-state index contributed by atoms with van der Waals surface area (Å²) in [5.74, 6) is 0.203. The van der Waals surface area contributed by atoms with Crippen molar-refractivity contribution < 1.29 is 26.9 Å². The lowest BCUT2D eigenvalue weighted by Gasteiger charge is -2.32. The lowest BCUT2D eigenvalue weighted by Crippen LogP contribution is -2.41. The van der Waals surface area contributed by atoms with Gasteiger partial charge in [0.05, 0.1) is 16.8 Å². The Morgan fingerprint density at radius 2 is 1.46 bits per heavy atom. The average molecular weight is 360 g/mol. The molecule has 0 amide bonds. The van der Waals surface area contributed by atoms with Crippen LogP contribution in [-0.4, -0.2) is 26.6 Å². The van der Waals surface area contributed by atoms with Crippen molar-refractivity contribution in [1.82, 2.24) is 0 Å². The van der Waals surface area contributed by atoms with Gasteiger partial charge in [-0.1, -0.05) is 0 Å². The summed E-state index contributed by atoms with van der Waals surface area (Å²) in [4.78, 5) is 0. The zero-order valence-corrected chi connectivity index (χ0v) is 16.2. The molecule has 1 aromatic rings. The minimum absolute atomic E-state index is 0.203. The van der Waals surface area contributed by atoms with Crippen LogP contribution in [0.4, 0.5) is 13.2 Å². The highest BCUT2D eigenvalue weighted by molar-refractivity contribution is 6.70. The molecule has 1 fully saturated rings. The number of hydrogen-bond acceptors (Lipinski definition) is 3. The van der Waals surface area contributed by atoms with Crippen molar-refractivity contribution in [2.45, 2.75) is 64.7 Å². The fourth-order valence-corrected chi connectivity index (χ4v) is 3.14.